The Hall–Kier alpha value is -1.07. The van der Waals surface area contributed by atoms with E-state index in [4.69, 9.17) is 0 Å². The monoisotopic (exact) mass is 249 g/mol. The number of nitrogens with zero attached hydrogens (tertiary/aromatic N) is 3. The van der Waals surface area contributed by atoms with E-state index in [2.05, 4.69) is 25.6 Å². The van der Waals surface area contributed by atoms with E-state index in [1.54, 1.807) is 6.20 Å². The first-order valence-electron chi connectivity index (χ1n) is 4.19. The second-order valence-electron chi connectivity index (χ2n) is 2.77. The van der Waals surface area contributed by atoms with Crippen LogP contribution in [0.25, 0.3) is 0 Å². The van der Waals surface area contributed by atoms with Crippen LogP contribution in [0, 0.1) is 6.92 Å². The molecule has 0 saturated carbocycles. The van der Waals surface area contributed by atoms with Crippen LogP contribution in [0.5, 0.6) is 0 Å². The fraction of sp³-hybridized carbons (Fsp3) is 0.375. The Morgan fingerprint density at radius 1 is 1.40 bits per heavy atom. The molecule has 0 unspecified atom stereocenters. The van der Waals surface area contributed by atoms with Gasteiger partial charge in [0, 0.05) is 12.7 Å². The topological polar surface area (TPSA) is 62.2 Å². The quantitative estimate of drug-likeness (QED) is 0.780. The van der Waals surface area contributed by atoms with E-state index in [9.17, 15) is 0 Å². The lowest BCUT2D eigenvalue weighted by Crippen LogP contribution is -2.26. The molecular weight excluding hydrogens is 237 g/mol. The largest absolute Gasteiger partial charge is 0.354 e. The minimum Gasteiger partial charge on any atom is -0.354 e. The van der Waals surface area contributed by atoms with E-state index in [1.807, 2.05) is 13.0 Å². The molecule has 84 valence electrons. The SMILES string of the molecule is Cc1nccc(NC2=NCCN2)n1.Cl.Cl. The van der Waals surface area contributed by atoms with Crippen LogP contribution in [0.1, 0.15) is 5.82 Å². The highest BCUT2D eigenvalue weighted by molar-refractivity contribution is 5.93. The zero-order chi connectivity index (χ0) is 9.10. The standard InChI is InChI=1S/C8H11N5.2ClH/c1-6-9-3-2-7(12-6)13-8-10-4-5-11-8;;/h2-3H,4-5H2,1H3,(H2,9,10,11,12,13);2*1H. The lowest BCUT2D eigenvalue weighted by Gasteiger charge is -2.04. The maximum Gasteiger partial charge on any atom is 0.197 e. The van der Waals surface area contributed by atoms with E-state index in [-0.39, 0.29) is 24.8 Å². The van der Waals surface area contributed by atoms with Gasteiger partial charge in [-0.1, -0.05) is 0 Å². The Labute approximate surface area is 101 Å². The van der Waals surface area contributed by atoms with Gasteiger partial charge in [-0.25, -0.2) is 9.97 Å². The van der Waals surface area contributed by atoms with Crippen molar-refractivity contribution in [2.24, 2.45) is 4.99 Å². The number of hydrogen-bond donors (Lipinski definition) is 2. The maximum absolute atomic E-state index is 4.19. The number of aryl methyl sites for hydroxylation is 1. The summed E-state index contributed by atoms with van der Waals surface area (Å²) in [4.78, 5) is 12.4. The molecule has 0 saturated heterocycles. The van der Waals surface area contributed by atoms with Gasteiger partial charge in [0.2, 0.25) is 0 Å². The molecule has 5 nitrogen and oxygen atoms in total. The van der Waals surface area contributed by atoms with Gasteiger partial charge in [0.05, 0.1) is 6.54 Å². The second kappa shape index (κ2) is 6.42. The number of halogens is 2. The van der Waals surface area contributed by atoms with Crippen LogP contribution >= 0.6 is 24.8 Å². The average molecular weight is 250 g/mol. The molecule has 15 heavy (non-hydrogen) atoms. The molecule has 2 heterocycles. The fourth-order valence-corrected chi connectivity index (χ4v) is 1.13. The Kier molecular flexibility index (Phi) is 5.96. The molecule has 2 rings (SSSR count). The zero-order valence-corrected chi connectivity index (χ0v) is 9.86. The minimum atomic E-state index is 0. The molecule has 0 bridgehead atoms. The summed E-state index contributed by atoms with van der Waals surface area (Å²) in [6.45, 7) is 3.58. The van der Waals surface area contributed by atoms with Gasteiger partial charge in [-0.05, 0) is 13.0 Å². The third-order valence-electron chi connectivity index (χ3n) is 1.70. The average Bonchev–Trinajstić information content (AvgIpc) is 2.57. The molecule has 7 heteroatoms. The van der Waals surface area contributed by atoms with E-state index >= 15 is 0 Å². The number of aliphatic imine (C=N–C) groups is 1. The van der Waals surface area contributed by atoms with Gasteiger partial charge >= 0.3 is 0 Å². The van der Waals surface area contributed by atoms with Gasteiger partial charge in [-0.15, -0.1) is 24.8 Å². The van der Waals surface area contributed by atoms with Crippen molar-refractivity contribution in [1.82, 2.24) is 15.3 Å². The third-order valence-corrected chi connectivity index (χ3v) is 1.70. The highest BCUT2D eigenvalue weighted by atomic mass is 35.5. The van der Waals surface area contributed by atoms with Gasteiger partial charge in [-0.2, -0.15) is 0 Å². The molecule has 0 fully saturated rings. The predicted octanol–water partition coefficient (Wildman–Crippen LogP) is 1.000. The van der Waals surface area contributed by atoms with Crippen molar-refractivity contribution >= 4 is 36.6 Å². The number of rotatable bonds is 1. The number of hydrogen-bond acceptors (Lipinski definition) is 5. The van der Waals surface area contributed by atoms with Crippen LogP contribution in [0.15, 0.2) is 17.3 Å². The smallest absolute Gasteiger partial charge is 0.197 e. The van der Waals surface area contributed by atoms with Gasteiger partial charge in [-0.3, -0.25) is 4.99 Å². The number of anilines is 1. The Bertz CT molecular complexity index is 342. The molecule has 0 spiro atoms. The van der Waals surface area contributed by atoms with Crippen molar-refractivity contribution in [2.75, 3.05) is 18.4 Å². The van der Waals surface area contributed by atoms with Crippen LogP contribution in [0.4, 0.5) is 5.82 Å². The highest BCUT2D eigenvalue weighted by Gasteiger charge is 2.04. The highest BCUT2D eigenvalue weighted by Crippen LogP contribution is 2.01. The fourth-order valence-electron chi connectivity index (χ4n) is 1.13. The number of aromatic nitrogens is 2. The van der Waals surface area contributed by atoms with E-state index < -0.39 is 0 Å². The zero-order valence-electron chi connectivity index (χ0n) is 8.23. The first-order chi connectivity index (χ1) is 6.34. The summed E-state index contributed by atoms with van der Waals surface area (Å²) in [5.74, 6) is 2.32. The van der Waals surface area contributed by atoms with Crippen LogP contribution < -0.4 is 10.6 Å². The van der Waals surface area contributed by atoms with Crippen molar-refractivity contribution < 1.29 is 0 Å². The Morgan fingerprint density at radius 3 is 2.80 bits per heavy atom. The molecule has 1 aromatic rings. The van der Waals surface area contributed by atoms with Gasteiger partial charge < -0.3 is 10.6 Å². The van der Waals surface area contributed by atoms with Crippen molar-refractivity contribution in [1.29, 1.82) is 0 Å². The maximum atomic E-state index is 4.19. The van der Waals surface area contributed by atoms with E-state index in [1.165, 1.54) is 0 Å². The Morgan fingerprint density at radius 2 is 2.20 bits per heavy atom. The summed E-state index contributed by atoms with van der Waals surface area (Å²) in [7, 11) is 0. The normalized spacial score (nSPS) is 13.0. The lowest BCUT2D eigenvalue weighted by molar-refractivity contribution is 0.958. The van der Waals surface area contributed by atoms with Crippen LogP contribution in [-0.4, -0.2) is 29.0 Å². The summed E-state index contributed by atoms with van der Waals surface area (Å²) in [5.41, 5.74) is 0. The molecular formula is C8H13Cl2N5. The summed E-state index contributed by atoms with van der Waals surface area (Å²) in [5, 5.41) is 6.17. The second-order valence-corrected chi connectivity index (χ2v) is 2.77. The van der Waals surface area contributed by atoms with Gasteiger partial charge in [0.25, 0.3) is 0 Å². The van der Waals surface area contributed by atoms with Crippen molar-refractivity contribution in [3.63, 3.8) is 0 Å². The third kappa shape index (κ3) is 3.89. The van der Waals surface area contributed by atoms with Gasteiger partial charge in [0.15, 0.2) is 5.96 Å². The van der Waals surface area contributed by atoms with Crippen LogP contribution in [0.3, 0.4) is 0 Å². The number of guanidine groups is 1. The summed E-state index contributed by atoms with van der Waals surface area (Å²) in [6.07, 6.45) is 1.72. The summed E-state index contributed by atoms with van der Waals surface area (Å²) < 4.78 is 0. The molecule has 0 aliphatic carbocycles. The molecule has 0 aromatic carbocycles. The number of nitrogens with one attached hydrogen (secondary N) is 2. The molecule has 0 amide bonds. The predicted molar refractivity (Wildman–Crippen MR) is 65.2 cm³/mol. The van der Waals surface area contributed by atoms with Crippen LogP contribution in [0.2, 0.25) is 0 Å². The molecule has 1 aromatic heterocycles. The van der Waals surface area contributed by atoms with E-state index in [0.29, 0.717) is 0 Å². The van der Waals surface area contributed by atoms with Gasteiger partial charge in [0.1, 0.15) is 11.6 Å². The van der Waals surface area contributed by atoms with Crippen molar-refractivity contribution in [2.45, 2.75) is 6.92 Å². The van der Waals surface area contributed by atoms with E-state index in [0.717, 1.165) is 30.7 Å². The Balaban J connectivity index is 0.000000980. The van der Waals surface area contributed by atoms with Crippen molar-refractivity contribution in [3.8, 4) is 0 Å². The first kappa shape index (κ1) is 13.9. The molecule has 0 radical (unpaired) electrons. The van der Waals surface area contributed by atoms with Crippen LogP contribution in [-0.2, 0) is 0 Å². The minimum absolute atomic E-state index is 0. The summed E-state index contributed by atoms with van der Waals surface area (Å²) >= 11 is 0. The molecule has 1 aliphatic heterocycles. The summed E-state index contributed by atoms with van der Waals surface area (Å²) in [6, 6.07) is 1.82. The molecule has 1 aliphatic rings. The molecule has 2 N–H and O–H groups in total. The van der Waals surface area contributed by atoms with Crippen molar-refractivity contribution in [3.05, 3.63) is 18.1 Å². The lowest BCUT2D eigenvalue weighted by atomic mass is 10.5. The molecule has 0 atom stereocenters. The first-order valence-corrected chi connectivity index (χ1v) is 4.19.